The Morgan fingerprint density at radius 1 is 1.26 bits per heavy atom. The molecular formula is C16H19F2NO4. The van der Waals surface area contributed by atoms with Gasteiger partial charge in [0.25, 0.3) is 5.91 Å². The van der Waals surface area contributed by atoms with Crippen molar-refractivity contribution in [1.29, 1.82) is 0 Å². The number of rotatable bonds is 5. The van der Waals surface area contributed by atoms with Crippen LogP contribution < -0.4 is 4.74 Å². The molecule has 1 amide bonds. The molecule has 0 radical (unpaired) electrons. The summed E-state index contributed by atoms with van der Waals surface area (Å²) in [5.74, 6) is -2.78. The highest BCUT2D eigenvalue weighted by Crippen LogP contribution is 2.21. The van der Waals surface area contributed by atoms with Gasteiger partial charge in [0.15, 0.2) is 18.2 Å². The number of benzene rings is 1. The van der Waals surface area contributed by atoms with Crippen LogP contribution in [-0.4, -0.2) is 41.6 Å². The first-order chi connectivity index (χ1) is 11.0. The number of amides is 1. The van der Waals surface area contributed by atoms with Crippen LogP contribution in [0.15, 0.2) is 18.2 Å². The minimum Gasteiger partial charge on any atom is -0.481 e. The highest BCUT2D eigenvalue weighted by Gasteiger charge is 2.22. The van der Waals surface area contributed by atoms with E-state index in [0.717, 1.165) is 25.0 Å². The zero-order chi connectivity index (χ0) is 16.8. The minimum absolute atomic E-state index is 0.0701. The van der Waals surface area contributed by atoms with Gasteiger partial charge in [-0.05, 0) is 37.3 Å². The zero-order valence-electron chi connectivity index (χ0n) is 12.6. The van der Waals surface area contributed by atoms with Crippen LogP contribution in [-0.2, 0) is 9.59 Å². The van der Waals surface area contributed by atoms with Gasteiger partial charge in [-0.3, -0.25) is 9.59 Å². The largest absolute Gasteiger partial charge is 0.481 e. The lowest BCUT2D eigenvalue weighted by Crippen LogP contribution is -2.35. The molecule has 1 fully saturated rings. The molecule has 1 aromatic carbocycles. The van der Waals surface area contributed by atoms with E-state index >= 15 is 0 Å². The number of halogens is 2. The number of hydrogen-bond donors (Lipinski definition) is 1. The highest BCUT2D eigenvalue weighted by molar-refractivity contribution is 5.77. The molecule has 0 aliphatic carbocycles. The second-order valence-electron chi connectivity index (χ2n) is 5.64. The Hall–Kier alpha value is -2.18. The number of hydrogen-bond acceptors (Lipinski definition) is 3. The molecule has 0 unspecified atom stereocenters. The van der Waals surface area contributed by atoms with Gasteiger partial charge in [0, 0.05) is 25.6 Å². The summed E-state index contributed by atoms with van der Waals surface area (Å²) >= 11 is 0. The Labute approximate surface area is 132 Å². The fraction of sp³-hybridized carbons (Fsp3) is 0.500. The smallest absolute Gasteiger partial charge is 0.303 e. The summed E-state index contributed by atoms with van der Waals surface area (Å²) in [6.07, 6.45) is 2.24. The molecule has 5 nitrogen and oxygen atoms in total. The van der Waals surface area contributed by atoms with Gasteiger partial charge in [0.05, 0.1) is 0 Å². The normalized spacial score (nSPS) is 18.3. The molecule has 0 spiro atoms. The molecule has 0 aromatic heterocycles. The SMILES string of the molecule is O=C(O)C[C@H]1CCCN(C(=O)COc2ccc(F)cc2F)CC1. The summed E-state index contributed by atoms with van der Waals surface area (Å²) in [6, 6.07) is 2.90. The monoisotopic (exact) mass is 327 g/mol. The van der Waals surface area contributed by atoms with E-state index in [0.29, 0.717) is 25.6 Å². The van der Waals surface area contributed by atoms with Crippen LogP contribution in [0.2, 0.25) is 0 Å². The van der Waals surface area contributed by atoms with Crippen molar-refractivity contribution in [3.05, 3.63) is 29.8 Å². The topological polar surface area (TPSA) is 66.8 Å². The summed E-state index contributed by atoms with van der Waals surface area (Å²) in [5, 5.41) is 8.83. The number of ether oxygens (including phenoxy) is 1. The maximum absolute atomic E-state index is 13.4. The number of likely N-dealkylation sites (tertiary alicyclic amines) is 1. The van der Waals surface area contributed by atoms with Crippen LogP contribution in [0.1, 0.15) is 25.7 Å². The van der Waals surface area contributed by atoms with Crippen molar-refractivity contribution in [3.63, 3.8) is 0 Å². The van der Waals surface area contributed by atoms with Crippen molar-refractivity contribution >= 4 is 11.9 Å². The molecule has 1 heterocycles. The van der Waals surface area contributed by atoms with Crippen LogP contribution in [0.25, 0.3) is 0 Å². The fourth-order valence-electron chi connectivity index (χ4n) is 2.69. The summed E-state index contributed by atoms with van der Waals surface area (Å²) in [4.78, 5) is 24.5. The fourth-order valence-corrected chi connectivity index (χ4v) is 2.69. The molecule has 1 aliphatic rings. The Balaban J connectivity index is 1.84. The number of nitrogens with zero attached hydrogens (tertiary/aromatic N) is 1. The number of carbonyl (C=O) groups is 2. The van der Waals surface area contributed by atoms with Crippen molar-refractivity contribution in [2.75, 3.05) is 19.7 Å². The lowest BCUT2D eigenvalue weighted by Gasteiger charge is -2.20. The van der Waals surface area contributed by atoms with Gasteiger partial charge >= 0.3 is 5.97 Å². The third-order valence-electron chi connectivity index (χ3n) is 3.91. The van der Waals surface area contributed by atoms with Crippen LogP contribution >= 0.6 is 0 Å². The number of carbonyl (C=O) groups excluding carboxylic acids is 1. The Morgan fingerprint density at radius 3 is 2.74 bits per heavy atom. The van der Waals surface area contributed by atoms with Crippen molar-refractivity contribution < 1.29 is 28.2 Å². The van der Waals surface area contributed by atoms with Gasteiger partial charge in [-0.1, -0.05) is 0 Å². The van der Waals surface area contributed by atoms with Crippen molar-refractivity contribution in [1.82, 2.24) is 4.90 Å². The van der Waals surface area contributed by atoms with Gasteiger partial charge in [0.1, 0.15) is 5.82 Å². The number of carboxylic acids is 1. The second-order valence-corrected chi connectivity index (χ2v) is 5.64. The zero-order valence-corrected chi connectivity index (χ0v) is 12.6. The van der Waals surface area contributed by atoms with E-state index in [4.69, 9.17) is 9.84 Å². The van der Waals surface area contributed by atoms with Crippen molar-refractivity contribution in [3.8, 4) is 5.75 Å². The minimum atomic E-state index is -0.852. The van der Waals surface area contributed by atoms with E-state index < -0.39 is 17.6 Å². The Morgan fingerprint density at radius 2 is 2.04 bits per heavy atom. The third-order valence-corrected chi connectivity index (χ3v) is 3.91. The summed E-state index contributed by atoms with van der Waals surface area (Å²) in [5.41, 5.74) is 0. The average Bonchev–Trinajstić information content (AvgIpc) is 2.71. The highest BCUT2D eigenvalue weighted by atomic mass is 19.1. The molecule has 126 valence electrons. The molecular weight excluding hydrogens is 308 g/mol. The standard InChI is InChI=1S/C16H19F2NO4/c17-12-3-4-14(13(18)9-12)23-10-15(20)19-6-1-2-11(5-7-19)8-16(21)22/h3-4,9,11H,1-2,5-8,10H2,(H,21,22)/t11-/m0/s1. The van der Waals surface area contributed by atoms with Crippen molar-refractivity contribution in [2.24, 2.45) is 5.92 Å². The van der Waals surface area contributed by atoms with E-state index in [2.05, 4.69) is 0 Å². The van der Waals surface area contributed by atoms with Gasteiger partial charge in [-0.15, -0.1) is 0 Å². The van der Waals surface area contributed by atoms with Gasteiger partial charge in [-0.25, -0.2) is 8.78 Å². The quantitative estimate of drug-likeness (QED) is 0.902. The van der Waals surface area contributed by atoms with Gasteiger partial charge in [0.2, 0.25) is 0 Å². The Kier molecular flexibility index (Phi) is 5.90. The van der Waals surface area contributed by atoms with Crippen molar-refractivity contribution in [2.45, 2.75) is 25.7 Å². The Bertz CT molecular complexity index is 579. The molecule has 1 aliphatic heterocycles. The van der Waals surface area contributed by atoms with Crippen LogP contribution in [0.4, 0.5) is 8.78 Å². The molecule has 23 heavy (non-hydrogen) atoms. The predicted octanol–water partition coefficient (Wildman–Crippen LogP) is 2.45. The molecule has 7 heteroatoms. The molecule has 1 saturated heterocycles. The molecule has 1 atom stereocenters. The molecule has 1 aromatic rings. The lowest BCUT2D eigenvalue weighted by atomic mass is 9.97. The van der Waals surface area contributed by atoms with E-state index in [1.165, 1.54) is 0 Å². The summed E-state index contributed by atoms with van der Waals surface area (Å²) < 4.78 is 31.3. The first-order valence-corrected chi connectivity index (χ1v) is 7.53. The predicted molar refractivity (Wildman–Crippen MR) is 78.0 cm³/mol. The molecule has 0 saturated carbocycles. The maximum Gasteiger partial charge on any atom is 0.303 e. The lowest BCUT2D eigenvalue weighted by molar-refractivity contribution is -0.138. The summed E-state index contributed by atoms with van der Waals surface area (Å²) in [6.45, 7) is 0.669. The molecule has 1 N–H and O–H groups in total. The average molecular weight is 327 g/mol. The van der Waals surface area contributed by atoms with Gasteiger partial charge in [-0.2, -0.15) is 0 Å². The van der Waals surface area contributed by atoms with E-state index in [-0.39, 0.29) is 30.6 Å². The summed E-state index contributed by atoms with van der Waals surface area (Å²) in [7, 11) is 0. The number of aliphatic carboxylic acids is 1. The van der Waals surface area contributed by atoms with E-state index in [1.807, 2.05) is 0 Å². The second kappa shape index (κ2) is 7.89. The van der Waals surface area contributed by atoms with E-state index in [1.54, 1.807) is 4.90 Å². The molecule has 2 rings (SSSR count). The third kappa shape index (κ3) is 5.19. The van der Waals surface area contributed by atoms with E-state index in [9.17, 15) is 18.4 Å². The maximum atomic E-state index is 13.4. The first kappa shape index (κ1) is 17.2. The first-order valence-electron chi connectivity index (χ1n) is 7.53. The molecule has 0 bridgehead atoms. The van der Waals surface area contributed by atoms with Crippen LogP contribution in [0.3, 0.4) is 0 Å². The van der Waals surface area contributed by atoms with Crippen LogP contribution in [0.5, 0.6) is 5.75 Å². The van der Waals surface area contributed by atoms with Crippen LogP contribution in [0, 0.1) is 17.6 Å². The van der Waals surface area contributed by atoms with Gasteiger partial charge < -0.3 is 14.7 Å². The number of carboxylic acid groups (broad SMARTS) is 1.